The van der Waals surface area contributed by atoms with E-state index in [0.29, 0.717) is 12.0 Å². The maximum Gasteiger partial charge on any atom is 0.191 e. The van der Waals surface area contributed by atoms with Crippen LogP contribution in [0.3, 0.4) is 0 Å². The maximum atomic E-state index is 5.66. The van der Waals surface area contributed by atoms with Crippen molar-refractivity contribution < 1.29 is 4.74 Å². The molecule has 142 valence electrons. The Balaban J connectivity index is 0.00000288. The van der Waals surface area contributed by atoms with Crippen molar-refractivity contribution in [3.8, 4) is 0 Å². The molecule has 2 heterocycles. The van der Waals surface area contributed by atoms with Crippen LogP contribution in [0, 0.1) is 5.92 Å². The third-order valence-electron chi connectivity index (χ3n) is 4.59. The van der Waals surface area contributed by atoms with Crippen LogP contribution in [-0.2, 0) is 4.74 Å². The van der Waals surface area contributed by atoms with Gasteiger partial charge in [-0.15, -0.1) is 24.0 Å². The summed E-state index contributed by atoms with van der Waals surface area (Å²) in [6, 6.07) is 0. The van der Waals surface area contributed by atoms with Gasteiger partial charge in [0.1, 0.15) is 0 Å². The second kappa shape index (κ2) is 12.3. The molecule has 6 nitrogen and oxygen atoms in total. The van der Waals surface area contributed by atoms with Gasteiger partial charge in [-0.1, -0.05) is 6.92 Å². The average Bonchev–Trinajstić information content (AvgIpc) is 3.06. The van der Waals surface area contributed by atoms with Crippen molar-refractivity contribution in [3.05, 3.63) is 0 Å². The van der Waals surface area contributed by atoms with Gasteiger partial charge in [0.25, 0.3) is 0 Å². The summed E-state index contributed by atoms with van der Waals surface area (Å²) in [6.07, 6.45) is 2.69. The van der Waals surface area contributed by atoms with Crippen molar-refractivity contribution >= 4 is 29.9 Å². The summed E-state index contributed by atoms with van der Waals surface area (Å²) >= 11 is 0. The molecule has 0 amide bonds. The van der Waals surface area contributed by atoms with E-state index in [9.17, 15) is 0 Å². The van der Waals surface area contributed by atoms with Crippen molar-refractivity contribution in [2.45, 2.75) is 32.8 Å². The lowest BCUT2D eigenvalue weighted by Crippen LogP contribution is -2.46. The standard InChI is InChI=1S/C17H35N5O.HI/c1-4-18-17(20-13-16-6-5-11-23-16)19-12-15(2)14-22-9-7-21(3)8-10-22;/h15-16H,4-14H2,1-3H3,(H2,18,19,20);1H. The molecule has 2 atom stereocenters. The van der Waals surface area contributed by atoms with Gasteiger partial charge in [-0.05, 0) is 32.7 Å². The molecule has 0 aromatic rings. The minimum atomic E-state index is 0. The van der Waals surface area contributed by atoms with Crippen LogP contribution >= 0.6 is 24.0 Å². The van der Waals surface area contributed by atoms with Gasteiger partial charge in [0.2, 0.25) is 0 Å². The van der Waals surface area contributed by atoms with Gasteiger partial charge in [0.05, 0.1) is 6.10 Å². The third-order valence-corrected chi connectivity index (χ3v) is 4.59. The van der Waals surface area contributed by atoms with Crippen molar-refractivity contribution in [1.29, 1.82) is 0 Å². The number of hydrogen-bond donors (Lipinski definition) is 2. The number of aliphatic imine (C=N–C) groups is 1. The van der Waals surface area contributed by atoms with Crippen LogP contribution in [0.1, 0.15) is 26.7 Å². The van der Waals surface area contributed by atoms with Crippen molar-refractivity contribution in [2.75, 3.05) is 66.0 Å². The molecule has 2 saturated heterocycles. The fraction of sp³-hybridized carbons (Fsp3) is 0.941. The van der Waals surface area contributed by atoms with Crippen LogP contribution in [0.25, 0.3) is 0 Å². The molecule has 7 heteroatoms. The normalized spacial score (nSPS) is 24.5. The van der Waals surface area contributed by atoms with E-state index < -0.39 is 0 Å². The van der Waals surface area contributed by atoms with Crippen LogP contribution in [0.5, 0.6) is 0 Å². The van der Waals surface area contributed by atoms with E-state index in [1.165, 1.54) is 32.6 Å². The summed E-state index contributed by atoms with van der Waals surface area (Å²) in [6.45, 7) is 13.8. The van der Waals surface area contributed by atoms with Crippen LogP contribution < -0.4 is 10.6 Å². The highest BCUT2D eigenvalue weighted by atomic mass is 127. The van der Waals surface area contributed by atoms with E-state index >= 15 is 0 Å². The second-order valence-electron chi connectivity index (χ2n) is 6.94. The Morgan fingerprint density at radius 1 is 1.25 bits per heavy atom. The fourth-order valence-electron chi connectivity index (χ4n) is 3.13. The molecule has 2 fully saturated rings. The van der Waals surface area contributed by atoms with Crippen molar-refractivity contribution in [1.82, 2.24) is 20.4 Å². The van der Waals surface area contributed by atoms with E-state index in [4.69, 9.17) is 9.73 Å². The summed E-state index contributed by atoms with van der Waals surface area (Å²) in [5.41, 5.74) is 0. The molecule has 0 aliphatic carbocycles. The summed E-state index contributed by atoms with van der Waals surface area (Å²) in [4.78, 5) is 9.72. The van der Waals surface area contributed by atoms with Gasteiger partial charge < -0.3 is 25.2 Å². The third kappa shape index (κ3) is 8.31. The van der Waals surface area contributed by atoms with Gasteiger partial charge in [0, 0.05) is 59.0 Å². The number of hydrogen-bond acceptors (Lipinski definition) is 4. The van der Waals surface area contributed by atoms with Crippen LogP contribution in [0.4, 0.5) is 0 Å². The highest BCUT2D eigenvalue weighted by Gasteiger charge is 2.17. The fourth-order valence-corrected chi connectivity index (χ4v) is 3.13. The Labute approximate surface area is 164 Å². The highest BCUT2D eigenvalue weighted by Crippen LogP contribution is 2.10. The molecule has 0 spiro atoms. The molecule has 24 heavy (non-hydrogen) atoms. The lowest BCUT2D eigenvalue weighted by molar-refractivity contribution is 0.113. The van der Waals surface area contributed by atoms with Crippen LogP contribution in [0.2, 0.25) is 0 Å². The maximum absolute atomic E-state index is 5.66. The first-order chi connectivity index (χ1) is 11.2. The minimum Gasteiger partial charge on any atom is -0.376 e. The van der Waals surface area contributed by atoms with Gasteiger partial charge in [-0.25, -0.2) is 0 Å². The van der Waals surface area contributed by atoms with Gasteiger partial charge >= 0.3 is 0 Å². The minimum absolute atomic E-state index is 0. The van der Waals surface area contributed by atoms with Gasteiger partial charge in [-0.3, -0.25) is 4.99 Å². The quantitative estimate of drug-likeness (QED) is 0.345. The summed E-state index contributed by atoms with van der Waals surface area (Å²) < 4.78 is 5.66. The zero-order valence-electron chi connectivity index (χ0n) is 15.6. The first kappa shape index (κ1) is 21.9. The molecule has 2 aliphatic heterocycles. The predicted octanol–water partition coefficient (Wildman–Crippen LogP) is 1.22. The molecule has 2 N–H and O–H groups in total. The number of guanidine groups is 1. The highest BCUT2D eigenvalue weighted by molar-refractivity contribution is 14.0. The van der Waals surface area contributed by atoms with Crippen molar-refractivity contribution in [3.63, 3.8) is 0 Å². The molecule has 0 aromatic carbocycles. The monoisotopic (exact) mass is 453 g/mol. The number of nitrogens with zero attached hydrogens (tertiary/aromatic N) is 3. The number of likely N-dealkylation sites (N-methyl/N-ethyl adjacent to an activating group) is 1. The summed E-state index contributed by atoms with van der Waals surface area (Å²) in [5.74, 6) is 1.50. The molecule has 0 saturated carbocycles. The van der Waals surface area contributed by atoms with Crippen molar-refractivity contribution in [2.24, 2.45) is 10.9 Å². The molecular formula is C17H36IN5O. The topological polar surface area (TPSA) is 52.1 Å². The van der Waals surface area contributed by atoms with E-state index in [1.807, 2.05) is 0 Å². The molecule has 2 unspecified atom stereocenters. The van der Waals surface area contributed by atoms with Crippen LogP contribution in [-0.4, -0.2) is 87.9 Å². The van der Waals surface area contributed by atoms with E-state index in [1.54, 1.807) is 0 Å². The second-order valence-corrected chi connectivity index (χ2v) is 6.94. The Morgan fingerprint density at radius 2 is 2.00 bits per heavy atom. The van der Waals surface area contributed by atoms with E-state index in [0.717, 1.165) is 45.2 Å². The summed E-state index contributed by atoms with van der Waals surface area (Å²) in [7, 11) is 2.20. The first-order valence-corrected chi connectivity index (χ1v) is 9.22. The first-order valence-electron chi connectivity index (χ1n) is 9.22. The predicted molar refractivity (Wildman–Crippen MR) is 111 cm³/mol. The van der Waals surface area contributed by atoms with E-state index in [-0.39, 0.29) is 24.0 Å². The number of nitrogens with one attached hydrogen (secondary N) is 2. The van der Waals surface area contributed by atoms with Crippen LogP contribution in [0.15, 0.2) is 4.99 Å². The summed E-state index contributed by atoms with van der Waals surface area (Å²) in [5, 5.41) is 6.76. The number of halogens is 1. The SMILES string of the molecule is CCNC(=NCC(C)CN1CCN(C)CC1)NCC1CCCO1.I. The molecule has 2 aliphatic rings. The smallest absolute Gasteiger partial charge is 0.191 e. The molecule has 0 bridgehead atoms. The number of rotatable bonds is 7. The van der Waals surface area contributed by atoms with E-state index in [2.05, 4.69) is 41.3 Å². The molecule has 0 radical (unpaired) electrons. The number of ether oxygens (including phenoxy) is 1. The number of piperazine rings is 1. The molecular weight excluding hydrogens is 417 g/mol. The molecule has 0 aromatic heterocycles. The van der Waals surface area contributed by atoms with Gasteiger partial charge in [-0.2, -0.15) is 0 Å². The zero-order chi connectivity index (χ0) is 16.5. The zero-order valence-corrected chi connectivity index (χ0v) is 17.9. The Morgan fingerprint density at radius 3 is 2.62 bits per heavy atom. The average molecular weight is 453 g/mol. The largest absolute Gasteiger partial charge is 0.376 e. The van der Waals surface area contributed by atoms with Gasteiger partial charge in [0.15, 0.2) is 5.96 Å². The lowest BCUT2D eigenvalue weighted by Gasteiger charge is -2.33. The Bertz CT molecular complexity index is 355. The Kier molecular flexibility index (Phi) is 11.2. The Hall–Kier alpha value is -0.120. The molecule has 2 rings (SSSR count). The lowest BCUT2D eigenvalue weighted by atomic mass is 10.1.